The number of hydrogen-bond acceptors (Lipinski definition) is 4. The average Bonchev–Trinajstić information content (AvgIpc) is 2.40. The third-order valence-electron chi connectivity index (χ3n) is 2.93. The van der Waals surface area contributed by atoms with Crippen LogP contribution in [0.15, 0.2) is 42.5 Å². The molecule has 2 aromatic rings. The molecule has 0 radical (unpaired) electrons. The topological polar surface area (TPSA) is 69.4 Å². The van der Waals surface area contributed by atoms with Gasteiger partial charge in [-0.1, -0.05) is 18.2 Å². The predicted molar refractivity (Wildman–Crippen MR) is 74.0 cm³/mol. The van der Waals surface area contributed by atoms with Crippen molar-refractivity contribution in [1.29, 1.82) is 0 Å². The number of hydrogen-bond donors (Lipinski definition) is 0. The molecular formula is C15H13NO4. The van der Waals surface area contributed by atoms with E-state index in [1.165, 1.54) is 18.2 Å². The van der Waals surface area contributed by atoms with Gasteiger partial charge < -0.3 is 4.74 Å². The van der Waals surface area contributed by atoms with Crippen molar-refractivity contribution in [3.8, 4) is 5.75 Å². The quantitative estimate of drug-likeness (QED) is 0.371. The van der Waals surface area contributed by atoms with E-state index in [1.807, 2.05) is 19.1 Å². The lowest BCUT2D eigenvalue weighted by atomic mass is 10.1. The second-order valence-corrected chi connectivity index (χ2v) is 4.41. The molecule has 0 spiro atoms. The second-order valence-electron chi connectivity index (χ2n) is 4.41. The van der Waals surface area contributed by atoms with Gasteiger partial charge >= 0.3 is 5.97 Å². The number of carbonyl (C=O) groups excluding carboxylic acids is 1. The molecule has 2 aromatic carbocycles. The van der Waals surface area contributed by atoms with Crippen molar-refractivity contribution in [1.82, 2.24) is 0 Å². The van der Waals surface area contributed by atoms with Gasteiger partial charge in [0.15, 0.2) is 0 Å². The first-order chi connectivity index (χ1) is 9.49. The lowest BCUT2D eigenvalue weighted by molar-refractivity contribution is -0.385. The molecule has 102 valence electrons. The van der Waals surface area contributed by atoms with Gasteiger partial charge in [-0.05, 0) is 37.6 Å². The largest absolute Gasteiger partial charge is 0.423 e. The minimum Gasteiger partial charge on any atom is -0.423 e. The van der Waals surface area contributed by atoms with Crippen LogP contribution < -0.4 is 4.74 Å². The van der Waals surface area contributed by atoms with Crippen molar-refractivity contribution < 1.29 is 14.5 Å². The fraction of sp³-hybridized carbons (Fsp3) is 0.133. The average molecular weight is 271 g/mol. The monoisotopic (exact) mass is 271 g/mol. The molecule has 5 nitrogen and oxygen atoms in total. The number of nitro groups is 1. The van der Waals surface area contributed by atoms with E-state index in [1.54, 1.807) is 19.1 Å². The summed E-state index contributed by atoms with van der Waals surface area (Å²) in [5.74, 6) is -0.0502. The van der Waals surface area contributed by atoms with Gasteiger partial charge in [0.25, 0.3) is 5.69 Å². The van der Waals surface area contributed by atoms with Crippen molar-refractivity contribution in [3.05, 3.63) is 69.3 Å². The first kappa shape index (κ1) is 13.7. The molecule has 0 atom stereocenters. The smallest absolute Gasteiger partial charge is 0.343 e. The van der Waals surface area contributed by atoms with E-state index in [0.29, 0.717) is 11.3 Å². The Morgan fingerprint density at radius 3 is 2.40 bits per heavy atom. The van der Waals surface area contributed by atoms with Crippen LogP contribution in [0.5, 0.6) is 5.75 Å². The standard InChI is InChI=1S/C15H13NO4/c1-10-5-3-4-6-14(10)20-15(17)12-7-8-13(16(18)19)11(2)9-12/h3-9H,1-2H3. The highest BCUT2D eigenvalue weighted by Gasteiger charge is 2.15. The fourth-order valence-electron chi connectivity index (χ4n) is 1.82. The molecule has 2 rings (SSSR count). The molecule has 0 N–H and O–H groups in total. The van der Waals surface area contributed by atoms with Gasteiger partial charge in [-0.25, -0.2) is 4.79 Å². The molecule has 0 heterocycles. The number of para-hydroxylation sites is 1. The predicted octanol–water partition coefficient (Wildman–Crippen LogP) is 3.43. The van der Waals surface area contributed by atoms with Crippen LogP contribution >= 0.6 is 0 Å². The van der Waals surface area contributed by atoms with Crippen molar-refractivity contribution >= 4 is 11.7 Å². The summed E-state index contributed by atoms with van der Waals surface area (Å²) in [6.07, 6.45) is 0. The van der Waals surface area contributed by atoms with E-state index in [9.17, 15) is 14.9 Å². The van der Waals surface area contributed by atoms with Gasteiger partial charge in [-0.15, -0.1) is 0 Å². The van der Waals surface area contributed by atoms with Crippen molar-refractivity contribution in [2.45, 2.75) is 13.8 Å². The lowest BCUT2D eigenvalue weighted by Gasteiger charge is -2.07. The van der Waals surface area contributed by atoms with Gasteiger partial charge in [0.2, 0.25) is 0 Å². The second kappa shape index (κ2) is 5.52. The van der Waals surface area contributed by atoms with Crippen LogP contribution in [0, 0.1) is 24.0 Å². The number of aryl methyl sites for hydroxylation is 2. The lowest BCUT2D eigenvalue weighted by Crippen LogP contribution is -2.09. The zero-order valence-electron chi connectivity index (χ0n) is 11.1. The highest BCUT2D eigenvalue weighted by atomic mass is 16.6. The van der Waals surface area contributed by atoms with Gasteiger partial charge in [-0.2, -0.15) is 0 Å². The zero-order chi connectivity index (χ0) is 14.7. The zero-order valence-corrected chi connectivity index (χ0v) is 11.1. The number of esters is 1. The van der Waals surface area contributed by atoms with Crippen LogP contribution in [0.2, 0.25) is 0 Å². The number of nitrogens with zero attached hydrogens (tertiary/aromatic N) is 1. The summed E-state index contributed by atoms with van der Waals surface area (Å²) >= 11 is 0. The summed E-state index contributed by atoms with van der Waals surface area (Å²) in [7, 11) is 0. The minimum absolute atomic E-state index is 0.0163. The Kier molecular flexibility index (Phi) is 3.79. The number of benzene rings is 2. The number of nitro benzene ring substituents is 1. The molecule has 0 fully saturated rings. The molecule has 0 aliphatic rings. The van der Waals surface area contributed by atoms with Gasteiger partial charge in [-0.3, -0.25) is 10.1 Å². The van der Waals surface area contributed by atoms with Gasteiger partial charge in [0.05, 0.1) is 10.5 Å². The van der Waals surface area contributed by atoms with E-state index >= 15 is 0 Å². The van der Waals surface area contributed by atoms with Crippen molar-refractivity contribution in [3.63, 3.8) is 0 Å². The van der Waals surface area contributed by atoms with Crippen molar-refractivity contribution in [2.75, 3.05) is 0 Å². The highest BCUT2D eigenvalue weighted by Crippen LogP contribution is 2.21. The van der Waals surface area contributed by atoms with E-state index in [2.05, 4.69) is 0 Å². The first-order valence-electron chi connectivity index (χ1n) is 6.02. The summed E-state index contributed by atoms with van der Waals surface area (Å²) in [5.41, 5.74) is 1.54. The van der Waals surface area contributed by atoms with Crippen LogP contribution in [-0.2, 0) is 0 Å². The number of rotatable bonds is 3. The SMILES string of the molecule is Cc1ccccc1OC(=O)c1ccc([N+](=O)[O-])c(C)c1. The summed E-state index contributed by atoms with van der Waals surface area (Å²) in [4.78, 5) is 22.3. The molecular weight excluding hydrogens is 258 g/mol. The first-order valence-corrected chi connectivity index (χ1v) is 6.02. The normalized spacial score (nSPS) is 10.1. The molecule has 0 saturated carbocycles. The fourth-order valence-corrected chi connectivity index (χ4v) is 1.82. The van der Waals surface area contributed by atoms with Crippen molar-refractivity contribution in [2.24, 2.45) is 0 Å². The summed E-state index contributed by atoms with van der Waals surface area (Å²) in [6.45, 7) is 3.42. The third-order valence-corrected chi connectivity index (χ3v) is 2.93. The van der Waals surface area contributed by atoms with Crippen LogP contribution in [0.4, 0.5) is 5.69 Å². The van der Waals surface area contributed by atoms with E-state index < -0.39 is 10.9 Å². The van der Waals surface area contributed by atoms with Crippen LogP contribution in [-0.4, -0.2) is 10.9 Å². The van der Waals surface area contributed by atoms with E-state index in [4.69, 9.17) is 4.74 Å². The molecule has 5 heteroatoms. The number of carbonyl (C=O) groups is 1. The Balaban J connectivity index is 2.24. The Morgan fingerprint density at radius 1 is 1.10 bits per heavy atom. The van der Waals surface area contributed by atoms with Crippen LogP contribution in [0.25, 0.3) is 0 Å². The molecule has 0 aliphatic carbocycles. The minimum atomic E-state index is -0.530. The summed E-state index contributed by atoms with van der Waals surface area (Å²) in [5, 5.41) is 10.7. The molecule has 0 aromatic heterocycles. The van der Waals surface area contributed by atoms with Crippen LogP contribution in [0.1, 0.15) is 21.5 Å². The van der Waals surface area contributed by atoms with E-state index in [-0.39, 0.29) is 11.3 Å². The Labute approximate surface area is 116 Å². The summed E-state index contributed by atoms with van der Waals surface area (Å²) in [6, 6.07) is 11.3. The Hall–Kier alpha value is -2.69. The molecule has 0 saturated heterocycles. The maximum atomic E-state index is 12.0. The Morgan fingerprint density at radius 2 is 1.80 bits per heavy atom. The number of ether oxygens (including phenoxy) is 1. The highest BCUT2D eigenvalue weighted by molar-refractivity contribution is 5.91. The van der Waals surface area contributed by atoms with Crippen LogP contribution in [0.3, 0.4) is 0 Å². The van der Waals surface area contributed by atoms with Gasteiger partial charge in [0, 0.05) is 11.6 Å². The molecule has 20 heavy (non-hydrogen) atoms. The van der Waals surface area contributed by atoms with Gasteiger partial charge in [0.1, 0.15) is 5.75 Å². The molecule has 0 amide bonds. The Bertz CT molecular complexity index is 679. The maximum Gasteiger partial charge on any atom is 0.343 e. The molecule has 0 unspecified atom stereocenters. The molecule has 0 bridgehead atoms. The summed E-state index contributed by atoms with van der Waals surface area (Å²) < 4.78 is 5.28. The molecule has 0 aliphatic heterocycles. The maximum absolute atomic E-state index is 12.0. The third kappa shape index (κ3) is 2.83. The van der Waals surface area contributed by atoms with E-state index in [0.717, 1.165) is 5.56 Å².